The van der Waals surface area contributed by atoms with Crippen molar-refractivity contribution in [1.29, 1.82) is 0 Å². The van der Waals surface area contributed by atoms with Gasteiger partial charge in [0.05, 0.1) is 0 Å². The number of hydrogen-bond acceptors (Lipinski definition) is 5. The predicted molar refractivity (Wildman–Crippen MR) is 415 cm³/mol. The van der Waals surface area contributed by atoms with Crippen LogP contribution in [0.3, 0.4) is 0 Å². The minimum Gasteiger partial charge on any atom is -0.592 e. The molecule has 0 amide bonds. The Labute approximate surface area is 564 Å². The van der Waals surface area contributed by atoms with Crippen LogP contribution in [0.2, 0.25) is 105 Å². The Kier molecular flexibility index (Phi) is 84.8. The van der Waals surface area contributed by atoms with Gasteiger partial charge >= 0.3 is 59.7 Å². The minimum absolute atomic E-state index is 0. The molecule has 0 saturated carbocycles. The molecule has 1 radical (unpaired) electrons. The molecule has 0 unspecified atom stereocenters. The summed E-state index contributed by atoms with van der Waals surface area (Å²) in [5.74, 6) is 31.0. The second-order valence-electron chi connectivity index (χ2n) is 25.5. The van der Waals surface area contributed by atoms with Crippen molar-refractivity contribution < 1.29 is 44.8 Å². The summed E-state index contributed by atoms with van der Waals surface area (Å²) >= 11 is -3.85. The van der Waals surface area contributed by atoms with Crippen molar-refractivity contribution in [3.63, 3.8) is 0 Å². The molecule has 0 fully saturated rings. The van der Waals surface area contributed by atoms with E-state index in [0.717, 1.165) is 0 Å². The van der Waals surface area contributed by atoms with E-state index in [4.69, 9.17) is 16.8 Å². The van der Waals surface area contributed by atoms with Gasteiger partial charge in [0.15, 0.2) is 33.3 Å². The molecular formula is C68H161Al4O7Si4. The summed E-state index contributed by atoms with van der Waals surface area (Å²) in [5.41, 5.74) is 0. The Morgan fingerprint density at radius 3 is 0.783 bits per heavy atom. The zero-order valence-corrected chi connectivity index (χ0v) is 67.7. The second kappa shape index (κ2) is 72.8. The molecule has 0 aliphatic carbocycles. The molecular weight excluding hydrogens is 1150 g/mol. The molecule has 0 bridgehead atoms. The van der Waals surface area contributed by atoms with Gasteiger partial charge in [-0.1, -0.05) is 267 Å². The lowest BCUT2D eigenvalue weighted by Crippen LogP contribution is -2.44. The first-order valence-corrected chi connectivity index (χ1v) is 53.9. The van der Waals surface area contributed by atoms with E-state index in [1.807, 2.05) is 0 Å². The molecule has 4 N–H and O–H groups in total. The summed E-state index contributed by atoms with van der Waals surface area (Å²) in [6.45, 7) is 46.2. The summed E-state index contributed by atoms with van der Waals surface area (Å²) in [5, 5.41) is 6.56. The van der Waals surface area contributed by atoms with Crippen LogP contribution in [0.25, 0.3) is 0 Å². The van der Waals surface area contributed by atoms with Crippen molar-refractivity contribution in [3.8, 4) is 71.0 Å². The van der Waals surface area contributed by atoms with Crippen LogP contribution in [0.15, 0.2) is 0 Å². The molecule has 0 aromatic heterocycles. The van der Waals surface area contributed by atoms with Gasteiger partial charge in [-0.3, -0.25) is 0 Å². The van der Waals surface area contributed by atoms with Gasteiger partial charge in [-0.05, 0) is 164 Å². The molecule has 0 rings (SSSR count). The van der Waals surface area contributed by atoms with E-state index in [0.29, 0.717) is 15.6 Å². The van der Waals surface area contributed by atoms with Crippen molar-refractivity contribution in [1.82, 2.24) is 0 Å². The van der Waals surface area contributed by atoms with Crippen LogP contribution in [0, 0.1) is 71.0 Å². The zero-order valence-electron chi connectivity index (χ0n) is 59.1. The van der Waals surface area contributed by atoms with Crippen LogP contribution >= 0.6 is 0 Å². The molecule has 0 saturated heterocycles. The summed E-state index contributed by atoms with van der Waals surface area (Å²) in [6, 6.07) is 0. The SMILES string of the molecule is CC#CC#CC#CC.CC#CC#CC#CC.CCCCCCC[CH2][Al]([CH2]CCCCCCC)[O][Si](C)(C)C.CCCCCCC[CH2][Al]([O][Al]([CH2]CCCCCCC)[O][Si](C)(C)C)[O][Si](C)(C)C.CCCCCCC[CH2][Al][O][Si](C)(C)C.O.O.[HH].[HH].[HH].[HH].[HH].[HH].[HH].[HH].[HH].[HH].[HH].[HH]. The molecule has 0 aromatic rings. The van der Waals surface area contributed by atoms with Crippen LogP contribution in [-0.2, 0) is 16.8 Å². The Hall–Kier alpha value is 0.0774. The normalized spacial score (nSPS) is 10.2. The van der Waals surface area contributed by atoms with Gasteiger partial charge in [-0.15, -0.1) is 0 Å². The summed E-state index contributed by atoms with van der Waals surface area (Å²) in [4.78, 5) is 0. The van der Waals surface area contributed by atoms with E-state index in [-0.39, 0.29) is 28.1 Å². The van der Waals surface area contributed by atoms with E-state index < -0.39 is 77.4 Å². The fourth-order valence-corrected chi connectivity index (χ4v) is 30.2. The van der Waals surface area contributed by atoms with E-state index >= 15 is 0 Å². The topological polar surface area (TPSA) is 109 Å². The summed E-state index contributed by atoms with van der Waals surface area (Å²) in [6.07, 6.45) is 41.6. The molecule has 0 aliphatic rings. The van der Waals surface area contributed by atoms with Gasteiger partial charge in [0.1, 0.15) is 0 Å². The summed E-state index contributed by atoms with van der Waals surface area (Å²) < 4.78 is 32.4. The number of rotatable bonds is 45. The van der Waals surface area contributed by atoms with Crippen LogP contribution in [0.4, 0.5) is 0 Å². The molecule has 83 heavy (non-hydrogen) atoms. The molecule has 0 aromatic carbocycles. The minimum atomic E-state index is -1.61. The van der Waals surface area contributed by atoms with Gasteiger partial charge in [-0.25, -0.2) is 0 Å². The predicted octanol–water partition coefficient (Wildman–Crippen LogP) is 23.6. The van der Waals surface area contributed by atoms with Crippen LogP contribution < -0.4 is 0 Å². The quantitative estimate of drug-likeness (QED) is 0.0343. The monoisotopic (exact) mass is 1310 g/mol. The first-order chi connectivity index (χ1) is 38.5. The average Bonchev–Trinajstić information content (AvgIpc) is 3.38. The van der Waals surface area contributed by atoms with Gasteiger partial charge in [0.2, 0.25) is 0 Å². The number of hydrogen-bond donors (Lipinski definition) is 0. The standard InChI is InChI=1S/5C8H17.2C8H6.4C3H9OSi.4Al.2H2O.O.12H2/c7*1-3-5-7-8-6-4-2;4*1-5(2,3)4;;;;;;;;;;;;;;;;;;;/h5*1,3-8H2,2H3;2*1-2H3;4*1-3H3;;;;;2*1H2;;12*1H/q;;;;;;;4*-1;4*+1;;;;;;;;;;;;;;;. The maximum Gasteiger partial charge on any atom is 0.634 e. The molecule has 0 atom stereocenters. The van der Waals surface area contributed by atoms with Crippen molar-refractivity contribution in [3.05, 3.63) is 0 Å². The van der Waals surface area contributed by atoms with Crippen molar-refractivity contribution >= 4 is 92.9 Å². The van der Waals surface area contributed by atoms with Gasteiger partial charge in [0.25, 0.3) is 0 Å². The number of unbranched alkanes of at least 4 members (excludes halogenated alkanes) is 25. The maximum atomic E-state index is 6.76. The third-order valence-electron chi connectivity index (χ3n) is 12.1. The fourth-order valence-electron chi connectivity index (χ4n) is 8.21. The highest BCUT2D eigenvalue weighted by atomic mass is 28.4. The largest absolute Gasteiger partial charge is 0.634 e. The third-order valence-corrected chi connectivity index (χ3v) is 34.5. The van der Waals surface area contributed by atoms with Gasteiger partial charge < -0.3 is 27.7 Å². The third kappa shape index (κ3) is 101. The molecule has 0 aliphatic heterocycles. The maximum absolute atomic E-state index is 6.76. The Morgan fingerprint density at radius 1 is 0.301 bits per heavy atom. The summed E-state index contributed by atoms with van der Waals surface area (Å²) in [7, 11) is -5.65. The molecule has 15 heteroatoms. The Bertz CT molecular complexity index is 1650. The fraction of sp³-hybridized carbons (Fsp3) is 0.824. The molecule has 0 spiro atoms. The van der Waals surface area contributed by atoms with Crippen molar-refractivity contribution in [2.75, 3.05) is 0 Å². The van der Waals surface area contributed by atoms with Crippen LogP contribution in [-0.4, -0.2) is 104 Å². The van der Waals surface area contributed by atoms with Crippen LogP contribution in [0.1, 0.15) is 272 Å². The molecule has 503 valence electrons. The zero-order chi connectivity index (χ0) is 62.2. The van der Waals surface area contributed by atoms with E-state index in [9.17, 15) is 0 Å². The highest BCUT2D eigenvalue weighted by molar-refractivity contribution is 6.80. The second-order valence-corrected chi connectivity index (χ2v) is 53.4. The Balaban J connectivity index is -0.0000000462. The lowest BCUT2D eigenvalue weighted by atomic mass is 10.1. The molecule has 7 nitrogen and oxygen atoms in total. The van der Waals surface area contributed by atoms with Gasteiger partial charge in [0, 0.05) is 17.1 Å². The van der Waals surface area contributed by atoms with Crippen molar-refractivity contribution in [2.45, 2.75) is 360 Å². The molecule has 0 heterocycles. The first-order valence-electron chi connectivity index (χ1n) is 33.3. The van der Waals surface area contributed by atoms with E-state index in [2.05, 4.69) is 184 Å². The van der Waals surface area contributed by atoms with Crippen LogP contribution in [0.5, 0.6) is 0 Å². The van der Waals surface area contributed by atoms with E-state index in [1.54, 1.807) is 27.7 Å². The van der Waals surface area contributed by atoms with Crippen molar-refractivity contribution in [2.24, 2.45) is 0 Å². The lowest BCUT2D eigenvalue weighted by Gasteiger charge is -2.29. The Morgan fingerprint density at radius 2 is 0.542 bits per heavy atom. The smallest absolute Gasteiger partial charge is 0.592 e. The highest BCUT2D eigenvalue weighted by Gasteiger charge is 2.39. The highest BCUT2D eigenvalue weighted by Crippen LogP contribution is 2.22. The van der Waals surface area contributed by atoms with Gasteiger partial charge in [-0.2, -0.15) is 0 Å². The van der Waals surface area contributed by atoms with E-state index in [1.165, 1.54) is 219 Å². The first kappa shape index (κ1) is 96.7. The lowest BCUT2D eigenvalue weighted by molar-refractivity contribution is 0.357. The average molecular weight is 1310 g/mol.